The molecule has 1 saturated heterocycles. The molecule has 1 heterocycles. The van der Waals surface area contributed by atoms with Crippen LogP contribution in [0.2, 0.25) is 0 Å². The molecule has 3 rings (SSSR count). The number of carbonyl (C=O) groups excluding carboxylic acids is 2. The first-order valence-corrected chi connectivity index (χ1v) is 11.4. The van der Waals surface area contributed by atoms with E-state index in [1.165, 1.54) is 5.69 Å². The zero-order valence-electron chi connectivity index (χ0n) is 19.6. The van der Waals surface area contributed by atoms with Crippen LogP contribution in [0.25, 0.3) is 0 Å². The summed E-state index contributed by atoms with van der Waals surface area (Å²) in [5.74, 6) is -0.108. The summed E-state index contributed by atoms with van der Waals surface area (Å²) in [5, 5.41) is 6.03. The number of morpholine rings is 1. The van der Waals surface area contributed by atoms with Crippen LogP contribution in [-0.4, -0.2) is 44.2 Å². The average molecular weight is 438 g/mol. The molecule has 0 radical (unpaired) electrons. The van der Waals surface area contributed by atoms with Crippen LogP contribution in [0.3, 0.4) is 0 Å². The molecule has 2 aromatic rings. The van der Waals surface area contributed by atoms with Gasteiger partial charge in [0.25, 0.3) is 5.91 Å². The van der Waals surface area contributed by atoms with E-state index >= 15 is 0 Å². The van der Waals surface area contributed by atoms with Crippen molar-refractivity contribution in [2.75, 3.05) is 31.2 Å². The highest BCUT2D eigenvalue weighted by molar-refractivity contribution is 5.98. The van der Waals surface area contributed by atoms with Crippen molar-refractivity contribution in [1.82, 2.24) is 10.6 Å². The Hall–Kier alpha value is -2.86. The van der Waals surface area contributed by atoms with E-state index in [0.717, 1.165) is 37.4 Å². The molecule has 1 aliphatic rings. The van der Waals surface area contributed by atoms with E-state index in [-0.39, 0.29) is 23.8 Å². The molecule has 0 aromatic heterocycles. The number of benzene rings is 2. The quantitative estimate of drug-likeness (QED) is 0.658. The van der Waals surface area contributed by atoms with Crippen molar-refractivity contribution >= 4 is 17.5 Å². The lowest BCUT2D eigenvalue weighted by molar-refractivity contribution is -0.124. The highest BCUT2D eigenvalue weighted by atomic mass is 16.5. The van der Waals surface area contributed by atoms with E-state index in [1.54, 1.807) is 6.07 Å². The first-order chi connectivity index (χ1) is 15.3. The number of amides is 2. The summed E-state index contributed by atoms with van der Waals surface area (Å²) >= 11 is 0. The largest absolute Gasteiger partial charge is 0.378 e. The summed E-state index contributed by atoms with van der Waals surface area (Å²) in [6.45, 7) is 11.2. The second-order valence-corrected chi connectivity index (χ2v) is 8.89. The van der Waals surface area contributed by atoms with Crippen molar-refractivity contribution in [2.24, 2.45) is 5.92 Å². The Morgan fingerprint density at radius 3 is 2.25 bits per heavy atom. The van der Waals surface area contributed by atoms with E-state index in [0.29, 0.717) is 12.0 Å². The van der Waals surface area contributed by atoms with Gasteiger partial charge in [0, 0.05) is 24.3 Å². The van der Waals surface area contributed by atoms with Gasteiger partial charge in [-0.05, 0) is 55.5 Å². The SMILES string of the molecule is Cc1ccccc1C(=O)N[C@H](CC(C)C)C(=O)N[C@@H](C)c1ccc(N2CCOCC2)cc1. The van der Waals surface area contributed by atoms with Crippen molar-refractivity contribution in [2.45, 2.75) is 46.2 Å². The fourth-order valence-electron chi connectivity index (χ4n) is 3.96. The monoisotopic (exact) mass is 437 g/mol. The van der Waals surface area contributed by atoms with Gasteiger partial charge in [-0.1, -0.05) is 44.2 Å². The number of nitrogens with one attached hydrogen (secondary N) is 2. The molecule has 32 heavy (non-hydrogen) atoms. The summed E-state index contributed by atoms with van der Waals surface area (Å²) in [6, 6.07) is 15.0. The third-order valence-electron chi connectivity index (χ3n) is 5.85. The van der Waals surface area contributed by atoms with Crippen LogP contribution in [0.1, 0.15) is 54.7 Å². The topological polar surface area (TPSA) is 70.7 Å². The second kappa shape index (κ2) is 11.1. The van der Waals surface area contributed by atoms with Gasteiger partial charge in [0.05, 0.1) is 19.3 Å². The van der Waals surface area contributed by atoms with Gasteiger partial charge in [-0.2, -0.15) is 0 Å². The summed E-state index contributed by atoms with van der Waals surface area (Å²) in [7, 11) is 0. The zero-order valence-corrected chi connectivity index (χ0v) is 19.6. The summed E-state index contributed by atoms with van der Waals surface area (Å²) in [4.78, 5) is 28.2. The van der Waals surface area contributed by atoms with Gasteiger partial charge in [-0.25, -0.2) is 0 Å². The van der Waals surface area contributed by atoms with Crippen LogP contribution in [-0.2, 0) is 9.53 Å². The Morgan fingerprint density at radius 2 is 1.62 bits per heavy atom. The first-order valence-electron chi connectivity index (χ1n) is 11.4. The second-order valence-electron chi connectivity index (χ2n) is 8.89. The molecule has 2 atom stereocenters. The van der Waals surface area contributed by atoms with Crippen LogP contribution >= 0.6 is 0 Å². The maximum atomic E-state index is 13.1. The molecule has 6 heteroatoms. The highest BCUT2D eigenvalue weighted by Crippen LogP contribution is 2.20. The van der Waals surface area contributed by atoms with Crippen molar-refractivity contribution in [3.05, 3.63) is 65.2 Å². The van der Waals surface area contributed by atoms with Crippen molar-refractivity contribution in [3.8, 4) is 0 Å². The highest BCUT2D eigenvalue weighted by Gasteiger charge is 2.24. The van der Waals surface area contributed by atoms with Crippen LogP contribution in [0, 0.1) is 12.8 Å². The van der Waals surface area contributed by atoms with Crippen molar-refractivity contribution < 1.29 is 14.3 Å². The Balaban J connectivity index is 1.64. The maximum Gasteiger partial charge on any atom is 0.252 e. The molecule has 0 bridgehead atoms. The molecule has 1 aliphatic heterocycles. The number of ether oxygens (including phenoxy) is 1. The van der Waals surface area contributed by atoms with Gasteiger partial charge in [-0.15, -0.1) is 0 Å². The molecule has 2 N–H and O–H groups in total. The smallest absolute Gasteiger partial charge is 0.252 e. The number of hydrogen-bond donors (Lipinski definition) is 2. The molecule has 0 saturated carbocycles. The van der Waals surface area contributed by atoms with Gasteiger partial charge in [-0.3, -0.25) is 9.59 Å². The molecule has 0 unspecified atom stereocenters. The zero-order chi connectivity index (χ0) is 23.1. The molecule has 6 nitrogen and oxygen atoms in total. The molecular weight excluding hydrogens is 402 g/mol. The minimum absolute atomic E-state index is 0.161. The Labute approximate surface area is 191 Å². The normalized spacial score (nSPS) is 15.8. The minimum atomic E-state index is -0.586. The standard InChI is InChI=1S/C26H35N3O3/c1-18(2)17-24(28-25(30)23-8-6-5-7-19(23)3)26(31)27-20(4)21-9-11-22(12-10-21)29-13-15-32-16-14-29/h5-12,18,20,24H,13-17H2,1-4H3,(H,27,31)(H,28,30)/t20-,24+/m0/s1. The number of hydrogen-bond acceptors (Lipinski definition) is 4. The van der Waals surface area contributed by atoms with Gasteiger partial charge in [0.15, 0.2) is 0 Å². The van der Waals surface area contributed by atoms with Crippen LogP contribution in [0.15, 0.2) is 48.5 Å². The third kappa shape index (κ3) is 6.33. The lowest BCUT2D eigenvalue weighted by Gasteiger charge is -2.29. The lowest BCUT2D eigenvalue weighted by atomic mass is 10.0. The van der Waals surface area contributed by atoms with Crippen LogP contribution in [0.4, 0.5) is 5.69 Å². The van der Waals surface area contributed by atoms with Crippen LogP contribution < -0.4 is 15.5 Å². The molecule has 0 spiro atoms. The fourth-order valence-corrected chi connectivity index (χ4v) is 3.96. The number of aryl methyl sites for hydroxylation is 1. The number of nitrogens with zero attached hydrogens (tertiary/aromatic N) is 1. The Morgan fingerprint density at radius 1 is 0.969 bits per heavy atom. The summed E-state index contributed by atoms with van der Waals surface area (Å²) < 4.78 is 5.42. The van der Waals surface area contributed by atoms with E-state index in [2.05, 4.69) is 39.8 Å². The van der Waals surface area contributed by atoms with E-state index in [1.807, 2.05) is 45.9 Å². The average Bonchev–Trinajstić information content (AvgIpc) is 2.79. The predicted octanol–water partition coefficient (Wildman–Crippen LogP) is 3.85. The van der Waals surface area contributed by atoms with Gasteiger partial charge < -0.3 is 20.3 Å². The fraction of sp³-hybridized carbons (Fsp3) is 0.462. The third-order valence-corrected chi connectivity index (χ3v) is 5.85. The number of rotatable bonds is 8. The molecule has 1 fully saturated rings. The number of carbonyl (C=O) groups is 2. The van der Waals surface area contributed by atoms with E-state index in [4.69, 9.17) is 4.74 Å². The Kier molecular flexibility index (Phi) is 8.28. The van der Waals surface area contributed by atoms with Crippen molar-refractivity contribution in [1.29, 1.82) is 0 Å². The minimum Gasteiger partial charge on any atom is -0.378 e. The molecular formula is C26H35N3O3. The number of anilines is 1. The van der Waals surface area contributed by atoms with Gasteiger partial charge in [0.2, 0.25) is 5.91 Å². The maximum absolute atomic E-state index is 13.1. The van der Waals surface area contributed by atoms with Gasteiger partial charge >= 0.3 is 0 Å². The molecule has 172 valence electrons. The van der Waals surface area contributed by atoms with E-state index in [9.17, 15) is 9.59 Å². The lowest BCUT2D eigenvalue weighted by Crippen LogP contribution is -2.48. The molecule has 2 amide bonds. The van der Waals surface area contributed by atoms with Crippen LogP contribution in [0.5, 0.6) is 0 Å². The molecule has 2 aromatic carbocycles. The van der Waals surface area contributed by atoms with Gasteiger partial charge in [0.1, 0.15) is 6.04 Å². The molecule has 0 aliphatic carbocycles. The summed E-state index contributed by atoms with van der Waals surface area (Å²) in [6.07, 6.45) is 0.576. The van der Waals surface area contributed by atoms with E-state index < -0.39 is 6.04 Å². The Bertz CT molecular complexity index is 905. The first kappa shape index (κ1) is 23.8. The summed E-state index contributed by atoms with van der Waals surface area (Å²) in [5.41, 5.74) is 3.69. The predicted molar refractivity (Wildman–Crippen MR) is 128 cm³/mol. The van der Waals surface area contributed by atoms with Crippen molar-refractivity contribution in [3.63, 3.8) is 0 Å².